The Kier molecular flexibility index (Phi) is 2.36. The number of hydrogen-bond donors (Lipinski definition) is 1. The van der Waals surface area contributed by atoms with E-state index >= 15 is 0 Å². The van der Waals surface area contributed by atoms with E-state index in [2.05, 4.69) is 29.0 Å². The molecule has 1 aromatic rings. The van der Waals surface area contributed by atoms with Gasteiger partial charge < -0.3 is 14.6 Å². The first-order valence-corrected chi connectivity index (χ1v) is 6.06. The fourth-order valence-corrected chi connectivity index (χ4v) is 2.58. The first-order chi connectivity index (χ1) is 8.16. The number of carbonyl (C=O) groups is 1. The van der Waals surface area contributed by atoms with Gasteiger partial charge in [-0.1, -0.05) is 0 Å². The number of piperazine rings is 1. The summed E-state index contributed by atoms with van der Waals surface area (Å²) in [6.45, 7) is 6.91. The average molecular weight is 235 g/mol. The molecule has 2 aliphatic rings. The minimum atomic E-state index is -0.121. The number of nitrogens with one attached hydrogen (secondary N) is 1. The Morgan fingerprint density at radius 2 is 2.29 bits per heavy atom. The van der Waals surface area contributed by atoms with Crippen molar-refractivity contribution in [3.05, 3.63) is 12.3 Å². The van der Waals surface area contributed by atoms with Crippen LogP contribution in [0.3, 0.4) is 0 Å². The van der Waals surface area contributed by atoms with Gasteiger partial charge in [-0.2, -0.15) is 0 Å². The van der Waals surface area contributed by atoms with Gasteiger partial charge in [0.05, 0.1) is 6.26 Å². The van der Waals surface area contributed by atoms with E-state index < -0.39 is 0 Å². The van der Waals surface area contributed by atoms with Crippen LogP contribution >= 0.6 is 0 Å². The molecular formula is C12H17N3O2. The van der Waals surface area contributed by atoms with E-state index in [1.807, 2.05) is 0 Å². The van der Waals surface area contributed by atoms with Crippen molar-refractivity contribution in [3.8, 4) is 0 Å². The maximum Gasteiger partial charge on any atom is 0.248 e. The van der Waals surface area contributed by atoms with Crippen LogP contribution in [0.5, 0.6) is 0 Å². The lowest BCUT2D eigenvalue weighted by atomic mass is 10.1. The van der Waals surface area contributed by atoms with Crippen LogP contribution in [0.2, 0.25) is 0 Å². The Morgan fingerprint density at radius 3 is 3.06 bits per heavy atom. The lowest BCUT2D eigenvalue weighted by Crippen LogP contribution is -2.60. The summed E-state index contributed by atoms with van der Waals surface area (Å²) in [7, 11) is 0. The van der Waals surface area contributed by atoms with Gasteiger partial charge in [0.15, 0.2) is 0 Å². The highest BCUT2D eigenvalue weighted by Gasteiger charge is 2.39. The van der Waals surface area contributed by atoms with Gasteiger partial charge in [0, 0.05) is 31.7 Å². The van der Waals surface area contributed by atoms with Crippen molar-refractivity contribution in [2.75, 3.05) is 29.9 Å². The predicted molar refractivity (Wildman–Crippen MR) is 65.2 cm³/mol. The Balaban J connectivity index is 1.88. The molecule has 3 heterocycles. The van der Waals surface area contributed by atoms with Crippen LogP contribution in [0.25, 0.3) is 0 Å². The first-order valence-electron chi connectivity index (χ1n) is 6.06. The van der Waals surface area contributed by atoms with E-state index in [1.165, 1.54) is 0 Å². The van der Waals surface area contributed by atoms with Crippen molar-refractivity contribution in [2.45, 2.75) is 25.9 Å². The third-order valence-electron chi connectivity index (χ3n) is 3.61. The minimum Gasteiger partial charge on any atom is -0.447 e. The lowest BCUT2D eigenvalue weighted by molar-refractivity contribution is -0.118. The molecule has 0 bridgehead atoms. The summed E-state index contributed by atoms with van der Waals surface area (Å²) < 4.78 is 5.46. The topological polar surface area (TPSA) is 48.7 Å². The van der Waals surface area contributed by atoms with Crippen molar-refractivity contribution in [2.24, 2.45) is 0 Å². The summed E-state index contributed by atoms with van der Waals surface area (Å²) >= 11 is 0. The quantitative estimate of drug-likeness (QED) is 0.792. The van der Waals surface area contributed by atoms with Gasteiger partial charge in [0.25, 0.3) is 0 Å². The number of nitrogens with zero attached hydrogens (tertiary/aromatic N) is 2. The number of hydrogen-bond acceptors (Lipinski definition) is 4. The van der Waals surface area contributed by atoms with Gasteiger partial charge in [0.2, 0.25) is 11.8 Å². The van der Waals surface area contributed by atoms with Crippen LogP contribution in [-0.4, -0.2) is 42.5 Å². The fourth-order valence-electron chi connectivity index (χ4n) is 2.58. The highest BCUT2D eigenvalue weighted by molar-refractivity contribution is 6.02. The molecule has 1 saturated heterocycles. The number of fused-ring (bicyclic) bond motifs is 3. The zero-order valence-corrected chi connectivity index (χ0v) is 10.1. The van der Waals surface area contributed by atoms with E-state index in [9.17, 15) is 4.79 Å². The number of amides is 1. The summed E-state index contributed by atoms with van der Waals surface area (Å²) in [5.74, 6) is 0.877. The van der Waals surface area contributed by atoms with Crippen molar-refractivity contribution in [1.82, 2.24) is 4.90 Å². The lowest BCUT2D eigenvalue weighted by Gasteiger charge is -2.44. The molecule has 1 N–H and O–H groups in total. The van der Waals surface area contributed by atoms with Crippen LogP contribution in [-0.2, 0) is 4.79 Å². The summed E-state index contributed by atoms with van der Waals surface area (Å²) in [6.07, 6.45) is 1.63. The molecular weight excluding hydrogens is 218 g/mol. The molecule has 92 valence electrons. The van der Waals surface area contributed by atoms with E-state index in [1.54, 1.807) is 12.3 Å². The molecule has 0 aliphatic carbocycles. The van der Waals surface area contributed by atoms with Gasteiger partial charge in [-0.05, 0) is 13.8 Å². The molecule has 1 fully saturated rings. The summed E-state index contributed by atoms with van der Waals surface area (Å²) in [6, 6.07) is 2.16. The fraction of sp³-hybridized carbons (Fsp3) is 0.583. The standard InChI is InChI=1S/C12H17N3O2/c1-8(2)14-4-5-15-10(7-14)11(16)13-9-3-6-17-12(9)15/h3,6,8,10H,4-5,7H2,1-2H3,(H,13,16)/t10-/m0/s1. The maximum atomic E-state index is 12.0. The average Bonchev–Trinajstić information content (AvgIpc) is 2.76. The van der Waals surface area contributed by atoms with Gasteiger partial charge in [-0.25, -0.2) is 0 Å². The van der Waals surface area contributed by atoms with E-state index in [0.29, 0.717) is 6.04 Å². The Bertz CT molecular complexity index is 441. The zero-order valence-electron chi connectivity index (χ0n) is 10.1. The number of rotatable bonds is 1. The third-order valence-corrected chi connectivity index (χ3v) is 3.61. The highest BCUT2D eigenvalue weighted by atomic mass is 16.3. The van der Waals surface area contributed by atoms with Crippen molar-refractivity contribution < 1.29 is 9.21 Å². The van der Waals surface area contributed by atoms with Crippen molar-refractivity contribution >= 4 is 17.5 Å². The summed E-state index contributed by atoms with van der Waals surface area (Å²) in [5.41, 5.74) is 0.796. The Hall–Kier alpha value is -1.49. The number of carbonyl (C=O) groups excluding carboxylic acids is 1. The van der Waals surface area contributed by atoms with Crippen LogP contribution in [0.4, 0.5) is 11.6 Å². The molecule has 0 unspecified atom stereocenters. The molecule has 3 rings (SSSR count). The highest BCUT2D eigenvalue weighted by Crippen LogP contribution is 2.34. The molecule has 5 nitrogen and oxygen atoms in total. The van der Waals surface area contributed by atoms with Crippen LogP contribution in [0.1, 0.15) is 13.8 Å². The Labute approximate surface area is 100 Å². The second kappa shape index (κ2) is 3.77. The normalized spacial score (nSPS) is 24.5. The second-order valence-corrected chi connectivity index (χ2v) is 4.93. The maximum absolute atomic E-state index is 12.0. The van der Waals surface area contributed by atoms with Crippen LogP contribution in [0, 0.1) is 0 Å². The molecule has 0 spiro atoms. The number of furan rings is 1. The largest absolute Gasteiger partial charge is 0.447 e. The predicted octanol–water partition coefficient (Wildman–Crippen LogP) is 1.13. The first kappa shape index (κ1) is 10.7. The van der Waals surface area contributed by atoms with Gasteiger partial charge >= 0.3 is 0 Å². The molecule has 0 aromatic carbocycles. The van der Waals surface area contributed by atoms with Crippen molar-refractivity contribution in [1.29, 1.82) is 0 Å². The molecule has 1 atom stereocenters. The molecule has 1 aromatic heterocycles. The van der Waals surface area contributed by atoms with Crippen molar-refractivity contribution in [3.63, 3.8) is 0 Å². The third kappa shape index (κ3) is 1.61. The van der Waals surface area contributed by atoms with Gasteiger partial charge in [0.1, 0.15) is 11.7 Å². The smallest absolute Gasteiger partial charge is 0.248 e. The molecule has 0 radical (unpaired) electrons. The summed E-state index contributed by atoms with van der Waals surface area (Å²) in [5, 5.41) is 2.90. The minimum absolute atomic E-state index is 0.0734. The van der Waals surface area contributed by atoms with E-state index in [-0.39, 0.29) is 11.9 Å². The molecule has 0 saturated carbocycles. The number of anilines is 2. The summed E-state index contributed by atoms with van der Waals surface area (Å²) in [4.78, 5) is 16.4. The van der Waals surface area contributed by atoms with E-state index in [0.717, 1.165) is 31.2 Å². The van der Waals surface area contributed by atoms with Crippen LogP contribution in [0.15, 0.2) is 16.7 Å². The molecule has 2 aliphatic heterocycles. The molecule has 5 heteroatoms. The monoisotopic (exact) mass is 235 g/mol. The van der Waals surface area contributed by atoms with Crippen LogP contribution < -0.4 is 10.2 Å². The van der Waals surface area contributed by atoms with Gasteiger partial charge in [-0.3, -0.25) is 9.69 Å². The van der Waals surface area contributed by atoms with E-state index in [4.69, 9.17) is 4.42 Å². The Morgan fingerprint density at radius 1 is 1.47 bits per heavy atom. The SMILES string of the molecule is CC(C)N1CCN2c3occc3NC(=O)[C@@H]2C1. The molecule has 17 heavy (non-hydrogen) atoms. The zero-order chi connectivity index (χ0) is 12.0. The molecule has 1 amide bonds. The second-order valence-electron chi connectivity index (χ2n) is 4.93. The van der Waals surface area contributed by atoms with Gasteiger partial charge in [-0.15, -0.1) is 0 Å².